The number of carbonyl (C=O) groups is 2. The van der Waals surface area contributed by atoms with E-state index < -0.39 is 24.9 Å². The molecule has 0 aromatic heterocycles. The number of aromatic carboxylic acids is 1. The van der Waals surface area contributed by atoms with Gasteiger partial charge in [-0.2, -0.15) is 0 Å². The maximum Gasteiger partial charge on any atom is 0.547 e. The number of anilines is 1. The Morgan fingerprint density at radius 1 is 1.32 bits per heavy atom. The van der Waals surface area contributed by atoms with E-state index in [1.165, 1.54) is 6.07 Å². The van der Waals surface area contributed by atoms with Gasteiger partial charge in [-0.25, -0.2) is 4.79 Å². The lowest BCUT2D eigenvalue weighted by Crippen LogP contribution is -2.53. The van der Waals surface area contributed by atoms with Gasteiger partial charge in [0.1, 0.15) is 5.75 Å². The molecular weight excluding hydrogens is 323 g/mol. The number of hydrogen-bond donors (Lipinski definition) is 4. The first-order valence-corrected chi connectivity index (χ1v) is 7.73. The van der Waals surface area contributed by atoms with Crippen molar-refractivity contribution in [2.24, 2.45) is 0 Å². The Kier molecular flexibility index (Phi) is 4.37. The van der Waals surface area contributed by atoms with Crippen LogP contribution in [-0.4, -0.2) is 35.1 Å². The number of carboxylic acids is 1. The number of aryl methyl sites for hydroxylation is 1. The van der Waals surface area contributed by atoms with E-state index in [1.54, 1.807) is 30.3 Å². The zero-order valence-electron chi connectivity index (χ0n) is 13.5. The molecule has 8 heteroatoms. The standard InChI is InChI=1S/C17H17BN2O5/c1-9-5-6-11(7-13(9)19)16(21)20-14-8-10-3-2-4-12(17(22)23)15(10)25-18(14)24/h2-7,14,24H,8,19H2,1H3,(H,20,21)(H,22,23). The van der Waals surface area contributed by atoms with Crippen molar-refractivity contribution >= 4 is 24.7 Å². The van der Waals surface area contributed by atoms with Crippen molar-refractivity contribution in [1.82, 2.24) is 5.32 Å². The lowest BCUT2D eigenvalue weighted by molar-refractivity contribution is 0.0693. The molecule has 25 heavy (non-hydrogen) atoms. The molecule has 1 unspecified atom stereocenters. The maximum absolute atomic E-state index is 12.4. The largest absolute Gasteiger partial charge is 0.547 e. The normalized spacial score (nSPS) is 15.9. The number of nitrogen functional groups attached to an aromatic ring is 1. The van der Waals surface area contributed by atoms with Gasteiger partial charge in [-0.15, -0.1) is 0 Å². The Morgan fingerprint density at radius 3 is 2.76 bits per heavy atom. The maximum atomic E-state index is 12.4. The zero-order valence-corrected chi connectivity index (χ0v) is 13.5. The summed E-state index contributed by atoms with van der Waals surface area (Å²) in [5, 5.41) is 22.1. The molecule has 0 bridgehead atoms. The van der Waals surface area contributed by atoms with Crippen molar-refractivity contribution < 1.29 is 24.4 Å². The molecule has 7 nitrogen and oxygen atoms in total. The molecule has 0 aliphatic carbocycles. The molecule has 0 fully saturated rings. The molecule has 0 radical (unpaired) electrons. The first-order valence-electron chi connectivity index (χ1n) is 7.73. The number of fused-ring (bicyclic) bond motifs is 1. The van der Waals surface area contributed by atoms with E-state index in [0.717, 1.165) is 5.56 Å². The molecule has 1 heterocycles. The second-order valence-electron chi connectivity index (χ2n) is 5.96. The highest BCUT2D eigenvalue weighted by atomic mass is 16.5. The number of nitrogens with one attached hydrogen (secondary N) is 1. The van der Waals surface area contributed by atoms with Crippen LogP contribution in [0.2, 0.25) is 0 Å². The van der Waals surface area contributed by atoms with Crippen LogP contribution in [0.3, 0.4) is 0 Å². The van der Waals surface area contributed by atoms with E-state index in [9.17, 15) is 19.7 Å². The topological polar surface area (TPSA) is 122 Å². The minimum atomic E-state index is -1.35. The minimum absolute atomic E-state index is 0.0207. The number of carboxylic acid groups (broad SMARTS) is 1. The van der Waals surface area contributed by atoms with Gasteiger partial charge in [-0.3, -0.25) is 4.79 Å². The Morgan fingerprint density at radius 2 is 2.08 bits per heavy atom. The highest BCUT2D eigenvalue weighted by Gasteiger charge is 2.37. The van der Waals surface area contributed by atoms with E-state index in [-0.39, 0.29) is 17.7 Å². The zero-order chi connectivity index (χ0) is 18.1. The lowest BCUT2D eigenvalue weighted by atomic mass is 9.72. The molecule has 1 aliphatic rings. The number of para-hydroxylation sites is 1. The van der Waals surface area contributed by atoms with Gasteiger partial charge in [0, 0.05) is 11.3 Å². The molecule has 2 aromatic carbocycles. The van der Waals surface area contributed by atoms with Gasteiger partial charge in [-0.05, 0) is 42.7 Å². The van der Waals surface area contributed by atoms with Gasteiger partial charge in [0.05, 0.1) is 11.5 Å². The third kappa shape index (κ3) is 3.29. The summed E-state index contributed by atoms with van der Waals surface area (Å²) in [6, 6.07) is 9.67. The smallest absolute Gasteiger partial charge is 0.534 e. The van der Waals surface area contributed by atoms with Crippen molar-refractivity contribution in [2.75, 3.05) is 5.73 Å². The van der Waals surface area contributed by atoms with Gasteiger partial charge in [-0.1, -0.05) is 18.2 Å². The molecule has 128 valence electrons. The summed E-state index contributed by atoms with van der Waals surface area (Å²) in [6.07, 6.45) is 0.255. The quantitative estimate of drug-likeness (QED) is 0.489. The van der Waals surface area contributed by atoms with Crippen molar-refractivity contribution in [3.05, 3.63) is 58.7 Å². The Labute approximate surface area is 144 Å². The summed E-state index contributed by atoms with van der Waals surface area (Å²) in [6.45, 7) is 1.84. The average molecular weight is 340 g/mol. The van der Waals surface area contributed by atoms with Gasteiger partial charge in [0.15, 0.2) is 0 Å². The molecule has 0 saturated carbocycles. The van der Waals surface area contributed by atoms with Crippen LogP contribution in [0, 0.1) is 6.92 Å². The first-order chi connectivity index (χ1) is 11.9. The number of benzene rings is 2. The van der Waals surface area contributed by atoms with Crippen LogP contribution in [-0.2, 0) is 6.42 Å². The number of hydrogen-bond acceptors (Lipinski definition) is 5. The Hall–Kier alpha value is -3.00. The highest BCUT2D eigenvalue weighted by molar-refractivity contribution is 6.47. The number of nitrogens with two attached hydrogens (primary N) is 1. The predicted octanol–water partition coefficient (Wildman–Crippen LogP) is 1.03. The SMILES string of the molecule is Cc1ccc(C(=O)NC2Cc3cccc(C(=O)O)c3OB2O)cc1N. The lowest BCUT2D eigenvalue weighted by Gasteiger charge is -2.28. The van der Waals surface area contributed by atoms with Crippen molar-refractivity contribution in [2.45, 2.75) is 19.3 Å². The van der Waals surface area contributed by atoms with Crippen LogP contribution >= 0.6 is 0 Å². The number of rotatable bonds is 3. The van der Waals surface area contributed by atoms with E-state index in [4.69, 9.17) is 10.4 Å². The predicted molar refractivity (Wildman–Crippen MR) is 92.6 cm³/mol. The summed E-state index contributed by atoms with van der Waals surface area (Å²) in [4.78, 5) is 23.6. The van der Waals surface area contributed by atoms with Crippen LogP contribution < -0.4 is 15.7 Å². The molecule has 2 aromatic rings. The van der Waals surface area contributed by atoms with Crippen LogP contribution in [0.25, 0.3) is 0 Å². The summed E-state index contributed by atoms with van der Waals surface area (Å²) in [7, 11) is -1.35. The fourth-order valence-corrected chi connectivity index (χ4v) is 2.75. The average Bonchev–Trinajstić information content (AvgIpc) is 2.57. The summed E-state index contributed by atoms with van der Waals surface area (Å²) >= 11 is 0. The molecule has 0 saturated heterocycles. The van der Waals surface area contributed by atoms with Gasteiger partial charge in [0.25, 0.3) is 5.91 Å². The summed E-state index contributed by atoms with van der Waals surface area (Å²) in [5.74, 6) is -2.10. The third-order valence-corrected chi connectivity index (χ3v) is 4.21. The Bertz CT molecular complexity index is 855. The Balaban J connectivity index is 1.80. The van der Waals surface area contributed by atoms with Gasteiger partial charge in [0.2, 0.25) is 0 Å². The molecule has 5 N–H and O–H groups in total. The molecule has 1 aliphatic heterocycles. The van der Waals surface area contributed by atoms with Crippen LogP contribution in [0.5, 0.6) is 5.75 Å². The van der Waals surface area contributed by atoms with E-state index in [2.05, 4.69) is 5.32 Å². The molecule has 3 rings (SSSR count). The second-order valence-corrected chi connectivity index (χ2v) is 5.96. The summed E-state index contributed by atoms with van der Waals surface area (Å²) in [5.41, 5.74) is 8.15. The minimum Gasteiger partial charge on any atom is -0.534 e. The number of carbonyl (C=O) groups excluding carboxylic acids is 1. The fraction of sp³-hybridized carbons (Fsp3) is 0.176. The van der Waals surface area contributed by atoms with Gasteiger partial charge >= 0.3 is 13.1 Å². The van der Waals surface area contributed by atoms with Crippen molar-refractivity contribution in [3.63, 3.8) is 0 Å². The third-order valence-electron chi connectivity index (χ3n) is 4.21. The van der Waals surface area contributed by atoms with E-state index in [0.29, 0.717) is 16.8 Å². The first kappa shape index (κ1) is 16.8. The molecule has 0 spiro atoms. The fourth-order valence-electron chi connectivity index (χ4n) is 2.75. The van der Waals surface area contributed by atoms with Crippen LogP contribution in [0.1, 0.15) is 31.8 Å². The van der Waals surface area contributed by atoms with E-state index in [1.807, 2.05) is 6.92 Å². The molecule has 1 amide bonds. The highest BCUT2D eigenvalue weighted by Crippen LogP contribution is 2.30. The van der Waals surface area contributed by atoms with Gasteiger partial charge < -0.3 is 25.8 Å². The molecule has 1 atom stereocenters. The van der Waals surface area contributed by atoms with Crippen molar-refractivity contribution in [1.29, 1.82) is 0 Å². The van der Waals surface area contributed by atoms with Crippen LogP contribution in [0.4, 0.5) is 5.69 Å². The van der Waals surface area contributed by atoms with Crippen molar-refractivity contribution in [3.8, 4) is 5.75 Å². The van der Waals surface area contributed by atoms with E-state index >= 15 is 0 Å². The monoisotopic (exact) mass is 340 g/mol. The second kappa shape index (κ2) is 6.48. The number of amides is 1. The summed E-state index contributed by atoms with van der Waals surface area (Å²) < 4.78 is 5.35. The molecular formula is C17H17BN2O5. The van der Waals surface area contributed by atoms with Crippen LogP contribution in [0.15, 0.2) is 36.4 Å².